The maximum absolute atomic E-state index is 11.9. The lowest BCUT2D eigenvalue weighted by atomic mass is 9.94. The highest BCUT2D eigenvalue weighted by Crippen LogP contribution is 2.32. The van der Waals surface area contributed by atoms with E-state index in [0.29, 0.717) is 13.1 Å². The van der Waals surface area contributed by atoms with Gasteiger partial charge in [-0.3, -0.25) is 9.64 Å². The number of alkyl halides is 3. The number of rotatable bonds is 7. The Kier molecular flexibility index (Phi) is 5.73. The zero-order valence-corrected chi connectivity index (χ0v) is 13.7. The average molecular weight is 351 g/mol. The minimum atomic E-state index is -4.60. The largest absolute Gasteiger partial charge is 0.522 e. The molecule has 1 saturated heterocycles. The summed E-state index contributed by atoms with van der Waals surface area (Å²) in [7, 11) is 0. The van der Waals surface area contributed by atoms with E-state index >= 15 is 0 Å². The van der Waals surface area contributed by atoms with Crippen LogP contribution < -0.4 is 0 Å². The van der Waals surface area contributed by atoms with Gasteiger partial charge in [-0.05, 0) is 11.1 Å². The molecule has 2 aromatic carbocycles. The topological polar surface area (TPSA) is 21.7 Å². The molecule has 0 unspecified atom stereocenters. The molecule has 134 valence electrons. The normalized spacial score (nSPS) is 16.2. The summed E-state index contributed by atoms with van der Waals surface area (Å²) in [5, 5.41) is 0. The van der Waals surface area contributed by atoms with Crippen molar-refractivity contribution in [3.63, 3.8) is 0 Å². The van der Waals surface area contributed by atoms with E-state index in [-0.39, 0.29) is 18.8 Å². The number of ether oxygens (including phenoxy) is 2. The predicted molar refractivity (Wildman–Crippen MR) is 88.0 cm³/mol. The van der Waals surface area contributed by atoms with Crippen LogP contribution in [-0.4, -0.2) is 43.7 Å². The fraction of sp³-hybridized carbons (Fsp3) is 0.368. The maximum Gasteiger partial charge on any atom is 0.522 e. The summed E-state index contributed by atoms with van der Waals surface area (Å²) in [6.45, 7) is 0.834. The lowest BCUT2D eigenvalue weighted by molar-refractivity contribution is -0.328. The predicted octanol–water partition coefficient (Wildman–Crippen LogP) is 4.01. The van der Waals surface area contributed by atoms with Crippen LogP contribution >= 0.6 is 0 Å². The van der Waals surface area contributed by atoms with Crippen LogP contribution in [-0.2, 0) is 9.47 Å². The molecule has 25 heavy (non-hydrogen) atoms. The van der Waals surface area contributed by atoms with Crippen molar-refractivity contribution in [3.8, 4) is 0 Å². The Bertz CT molecular complexity index is 603. The highest BCUT2D eigenvalue weighted by atomic mass is 19.4. The van der Waals surface area contributed by atoms with Crippen LogP contribution in [0.5, 0.6) is 0 Å². The lowest BCUT2D eigenvalue weighted by Crippen LogP contribution is -2.53. The number of benzene rings is 2. The summed E-state index contributed by atoms with van der Waals surface area (Å²) in [5.74, 6) is 0. The number of nitrogens with zero attached hydrogens (tertiary/aromatic N) is 1. The minimum absolute atomic E-state index is 0.0562. The van der Waals surface area contributed by atoms with Gasteiger partial charge in [0.1, 0.15) is 0 Å². The highest BCUT2D eigenvalue weighted by Gasteiger charge is 2.35. The van der Waals surface area contributed by atoms with Crippen molar-refractivity contribution in [2.75, 3.05) is 26.3 Å². The van der Waals surface area contributed by atoms with Gasteiger partial charge in [0.15, 0.2) is 0 Å². The van der Waals surface area contributed by atoms with Crippen molar-refractivity contribution in [2.45, 2.75) is 18.5 Å². The number of hydrogen-bond donors (Lipinski definition) is 0. The second kappa shape index (κ2) is 7.99. The van der Waals surface area contributed by atoms with Crippen molar-refractivity contribution in [2.24, 2.45) is 0 Å². The zero-order valence-electron chi connectivity index (χ0n) is 13.7. The zero-order chi connectivity index (χ0) is 17.7. The van der Waals surface area contributed by atoms with Gasteiger partial charge in [0.05, 0.1) is 25.4 Å². The molecule has 0 spiro atoms. The molecule has 2 aromatic rings. The van der Waals surface area contributed by atoms with Crippen LogP contribution in [0.1, 0.15) is 17.2 Å². The van der Waals surface area contributed by atoms with Gasteiger partial charge in [-0.25, -0.2) is 0 Å². The van der Waals surface area contributed by atoms with Crippen molar-refractivity contribution in [1.29, 1.82) is 0 Å². The molecule has 1 heterocycles. The molecule has 0 amide bonds. The number of hydrogen-bond acceptors (Lipinski definition) is 3. The van der Waals surface area contributed by atoms with Gasteiger partial charge >= 0.3 is 6.36 Å². The first kappa shape index (κ1) is 17.9. The second-order valence-electron chi connectivity index (χ2n) is 5.96. The molecule has 0 atom stereocenters. The fourth-order valence-electron chi connectivity index (χ4n) is 3.04. The first-order chi connectivity index (χ1) is 12.0. The second-order valence-corrected chi connectivity index (χ2v) is 5.96. The van der Waals surface area contributed by atoms with Gasteiger partial charge in [-0.1, -0.05) is 60.7 Å². The highest BCUT2D eigenvalue weighted by molar-refractivity contribution is 5.32. The molecule has 0 bridgehead atoms. The summed E-state index contributed by atoms with van der Waals surface area (Å²) in [6.07, 6.45) is -4.66. The van der Waals surface area contributed by atoms with E-state index in [9.17, 15) is 13.2 Å². The monoisotopic (exact) mass is 351 g/mol. The van der Waals surface area contributed by atoms with E-state index in [0.717, 1.165) is 0 Å². The first-order valence-corrected chi connectivity index (χ1v) is 8.19. The van der Waals surface area contributed by atoms with Gasteiger partial charge < -0.3 is 4.74 Å². The molecule has 0 radical (unpaired) electrons. The molecule has 1 aliphatic heterocycles. The van der Waals surface area contributed by atoms with Gasteiger partial charge in [0.25, 0.3) is 0 Å². The van der Waals surface area contributed by atoms with Crippen molar-refractivity contribution < 1.29 is 22.6 Å². The van der Waals surface area contributed by atoms with Crippen molar-refractivity contribution in [3.05, 3.63) is 71.8 Å². The molecule has 0 saturated carbocycles. The quantitative estimate of drug-likeness (QED) is 0.704. The molecule has 1 fully saturated rings. The summed E-state index contributed by atoms with van der Waals surface area (Å²) in [5.41, 5.74) is 2.38. The summed E-state index contributed by atoms with van der Waals surface area (Å²) < 4.78 is 45.0. The third-order valence-corrected chi connectivity index (χ3v) is 4.17. The third kappa shape index (κ3) is 5.04. The Labute approximate surface area is 145 Å². The van der Waals surface area contributed by atoms with Crippen LogP contribution in [0.15, 0.2) is 60.7 Å². The third-order valence-electron chi connectivity index (χ3n) is 4.17. The fourth-order valence-corrected chi connectivity index (χ4v) is 3.04. The molecule has 6 heteroatoms. The summed E-state index contributed by atoms with van der Waals surface area (Å²) >= 11 is 0. The van der Waals surface area contributed by atoms with E-state index < -0.39 is 13.0 Å². The summed E-state index contributed by atoms with van der Waals surface area (Å²) in [4.78, 5) is 2.26. The molecule has 0 aromatic heterocycles. The van der Waals surface area contributed by atoms with Gasteiger partial charge in [0.2, 0.25) is 0 Å². The van der Waals surface area contributed by atoms with Crippen LogP contribution in [0, 0.1) is 0 Å². The Hall–Kier alpha value is -1.89. The van der Waals surface area contributed by atoms with Crippen LogP contribution in [0.25, 0.3) is 0 Å². The molecule has 0 N–H and O–H groups in total. The number of likely N-dealkylation sites (tertiary alicyclic amines) is 1. The van der Waals surface area contributed by atoms with Crippen molar-refractivity contribution >= 4 is 0 Å². The van der Waals surface area contributed by atoms with Crippen LogP contribution in [0.4, 0.5) is 13.2 Å². The Morgan fingerprint density at radius 1 is 0.880 bits per heavy atom. The molecule has 0 aliphatic carbocycles. The van der Waals surface area contributed by atoms with E-state index in [2.05, 4.69) is 33.9 Å². The van der Waals surface area contributed by atoms with Gasteiger partial charge in [-0.2, -0.15) is 0 Å². The molecule has 1 aliphatic rings. The van der Waals surface area contributed by atoms with Gasteiger partial charge in [-0.15, -0.1) is 13.2 Å². The standard InChI is InChI=1S/C19H20F3NO2/c20-19(21,22)25-12-11-24-17-13-23(14-17)18(15-7-3-1-4-8-15)16-9-5-2-6-10-16/h1-10,17-18H,11-14H2. The van der Waals surface area contributed by atoms with E-state index in [1.807, 2.05) is 36.4 Å². The Morgan fingerprint density at radius 3 is 1.88 bits per heavy atom. The van der Waals surface area contributed by atoms with Gasteiger partial charge in [0, 0.05) is 13.1 Å². The maximum atomic E-state index is 11.9. The Morgan fingerprint density at radius 2 is 1.40 bits per heavy atom. The Balaban J connectivity index is 1.56. The summed E-state index contributed by atoms with van der Waals surface area (Å²) in [6, 6.07) is 20.5. The minimum Gasteiger partial charge on any atom is -0.373 e. The van der Waals surface area contributed by atoms with Crippen molar-refractivity contribution in [1.82, 2.24) is 4.90 Å². The smallest absolute Gasteiger partial charge is 0.373 e. The van der Waals surface area contributed by atoms with E-state index in [1.54, 1.807) is 0 Å². The van der Waals surface area contributed by atoms with E-state index in [1.165, 1.54) is 11.1 Å². The molecule has 3 rings (SSSR count). The average Bonchev–Trinajstić information content (AvgIpc) is 2.56. The lowest BCUT2D eigenvalue weighted by Gasteiger charge is -2.44. The number of halogens is 3. The molecular formula is C19H20F3NO2. The first-order valence-electron chi connectivity index (χ1n) is 8.19. The SMILES string of the molecule is FC(F)(F)OCCOC1CN(C(c2ccccc2)c2ccccc2)C1. The molecular weight excluding hydrogens is 331 g/mol. The van der Waals surface area contributed by atoms with Crippen LogP contribution in [0.2, 0.25) is 0 Å². The van der Waals surface area contributed by atoms with Crippen LogP contribution in [0.3, 0.4) is 0 Å². The van der Waals surface area contributed by atoms with E-state index in [4.69, 9.17) is 4.74 Å². The molecule has 3 nitrogen and oxygen atoms in total.